The smallest absolute Gasteiger partial charge is 0.246 e. The molecule has 49 heavy (non-hydrogen) atoms. The van der Waals surface area contributed by atoms with Crippen LogP contribution in [0.1, 0.15) is 64.0 Å². The topological polar surface area (TPSA) is 170 Å². The highest BCUT2D eigenvalue weighted by Gasteiger charge is 2.44. The number of nitrogen functional groups attached to an aromatic ring is 1. The second-order valence-corrected chi connectivity index (χ2v) is 15.0. The molecule has 1 aromatic carbocycles. The number of aliphatic hydroxyl groups is 1. The SMILES string of the molecule is CCc1cc(N2CCN(CC(=O)N[C@H](C(=O)N3C[C@H](O)C[C@H]3C(=O)N[C@@H](C)c3ccc(-c4scnc4C)cc3)C(C)(C)C)CC2)c(N)nn1. The van der Waals surface area contributed by atoms with Crippen LogP contribution in [-0.4, -0.2) is 105 Å². The van der Waals surface area contributed by atoms with Gasteiger partial charge in [0.1, 0.15) is 12.1 Å². The third-order valence-corrected chi connectivity index (χ3v) is 10.3. The van der Waals surface area contributed by atoms with Gasteiger partial charge < -0.3 is 31.3 Å². The largest absolute Gasteiger partial charge is 0.391 e. The molecule has 0 bridgehead atoms. The first-order chi connectivity index (χ1) is 23.2. The van der Waals surface area contributed by atoms with Crippen LogP contribution in [0.2, 0.25) is 0 Å². The van der Waals surface area contributed by atoms with E-state index in [9.17, 15) is 19.5 Å². The summed E-state index contributed by atoms with van der Waals surface area (Å²) in [6.07, 6.45) is 0.0425. The lowest BCUT2D eigenvalue weighted by atomic mass is 9.85. The van der Waals surface area contributed by atoms with Gasteiger partial charge in [-0.3, -0.25) is 19.3 Å². The quantitative estimate of drug-likeness (QED) is 0.248. The van der Waals surface area contributed by atoms with E-state index in [2.05, 4.69) is 30.7 Å². The average molecular weight is 692 g/mol. The molecule has 5 N–H and O–H groups in total. The minimum absolute atomic E-state index is 0.0192. The van der Waals surface area contributed by atoms with Crippen LogP contribution in [0.3, 0.4) is 0 Å². The number of benzene rings is 1. The van der Waals surface area contributed by atoms with Crippen molar-refractivity contribution in [1.82, 2.24) is 35.6 Å². The maximum absolute atomic E-state index is 14.1. The number of aryl methyl sites for hydroxylation is 2. The standard InChI is InChI=1S/C35H49N9O4S/c1-7-25-16-27(32(36)41-40-25)43-14-12-42(13-15-43)19-29(46)39-31(35(4,5)6)34(48)44-18-26(45)17-28(44)33(47)38-21(2)23-8-10-24(11-9-23)30-22(3)37-20-49-30/h8-11,16,20-21,26,28,31,45H,7,12-15,17-19H2,1-6H3,(H2,36,41)(H,38,47)(H,39,46)/t21-,26+,28-,31+/m0/s1. The molecule has 0 unspecified atom stereocenters. The molecular weight excluding hydrogens is 643 g/mol. The summed E-state index contributed by atoms with van der Waals surface area (Å²) in [5, 5.41) is 24.8. The molecule has 2 aliphatic rings. The van der Waals surface area contributed by atoms with E-state index in [0.717, 1.165) is 39.5 Å². The summed E-state index contributed by atoms with van der Waals surface area (Å²) < 4.78 is 0. The Morgan fingerprint density at radius 3 is 2.39 bits per heavy atom. The summed E-state index contributed by atoms with van der Waals surface area (Å²) in [6, 6.07) is 7.88. The lowest BCUT2D eigenvalue weighted by Crippen LogP contribution is -2.59. The monoisotopic (exact) mass is 691 g/mol. The molecule has 13 nitrogen and oxygen atoms in total. The molecule has 2 saturated heterocycles. The molecule has 14 heteroatoms. The van der Waals surface area contributed by atoms with Crippen LogP contribution >= 0.6 is 11.3 Å². The number of thiazole rings is 1. The van der Waals surface area contributed by atoms with Crippen LogP contribution < -0.4 is 21.3 Å². The van der Waals surface area contributed by atoms with Crippen LogP contribution in [0.4, 0.5) is 11.5 Å². The summed E-state index contributed by atoms with van der Waals surface area (Å²) in [5.74, 6) is -0.606. The first kappa shape index (κ1) is 36.1. The second kappa shape index (κ2) is 15.2. The number of anilines is 2. The highest BCUT2D eigenvalue weighted by molar-refractivity contribution is 7.13. The zero-order chi connectivity index (χ0) is 35.5. The van der Waals surface area contributed by atoms with Gasteiger partial charge in [0.25, 0.3) is 0 Å². The number of piperazine rings is 1. The Balaban J connectivity index is 1.19. The van der Waals surface area contributed by atoms with Crippen LogP contribution in [0.5, 0.6) is 0 Å². The van der Waals surface area contributed by atoms with Gasteiger partial charge in [-0.15, -0.1) is 16.4 Å². The average Bonchev–Trinajstić information content (AvgIpc) is 3.68. The molecule has 0 radical (unpaired) electrons. The number of nitrogens with two attached hydrogens (primary N) is 1. The summed E-state index contributed by atoms with van der Waals surface area (Å²) >= 11 is 1.58. The number of rotatable bonds is 10. The fourth-order valence-corrected chi connectivity index (χ4v) is 7.24. The van der Waals surface area contributed by atoms with E-state index in [4.69, 9.17) is 5.73 Å². The van der Waals surface area contributed by atoms with E-state index in [0.29, 0.717) is 32.0 Å². The normalized spacial score (nSPS) is 19.8. The van der Waals surface area contributed by atoms with E-state index in [1.165, 1.54) is 4.90 Å². The van der Waals surface area contributed by atoms with Crippen molar-refractivity contribution in [1.29, 1.82) is 0 Å². The maximum atomic E-state index is 14.1. The molecule has 2 fully saturated rings. The van der Waals surface area contributed by atoms with Crippen LogP contribution in [0.15, 0.2) is 35.8 Å². The Hall–Kier alpha value is -4.14. The van der Waals surface area contributed by atoms with Gasteiger partial charge in [0.15, 0.2) is 5.82 Å². The second-order valence-electron chi connectivity index (χ2n) is 14.1. The molecule has 0 saturated carbocycles. The number of aromatic nitrogens is 3. The van der Waals surface area contributed by atoms with E-state index >= 15 is 0 Å². The van der Waals surface area contributed by atoms with Crippen molar-refractivity contribution in [2.75, 3.05) is 49.9 Å². The number of amides is 3. The highest BCUT2D eigenvalue weighted by atomic mass is 32.1. The molecule has 2 aliphatic heterocycles. The number of hydrogen-bond acceptors (Lipinski definition) is 11. The van der Waals surface area contributed by atoms with E-state index in [1.807, 2.05) is 82.3 Å². The number of nitrogens with one attached hydrogen (secondary N) is 2. The fraction of sp³-hybridized carbons (Fsp3) is 0.543. The van der Waals surface area contributed by atoms with Crippen molar-refractivity contribution < 1.29 is 19.5 Å². The van der Waals surface area contributed by atoms with Crippen molar-refractivity contribution in [2.24, 2.45) is 5.41 Å². The van der Waals surface area contributed by atoms with Crippen molar-refractivity contribution in [3.8, 4) is 10.4 Å². The Kier molecular flexibility index (Phi) is 11.2. The van der Waals surface area contributed by atoms with Gasteiger partial charge in [0.2, 0.25) is 17.7 Å². The maximum Gasteiger partial charge on any atom is 0.246 e. The van der Waals surface area contributed by atoms with E-state index < -0.39 is 23.6 Å². The Labute approximate surface area is 292 Å². The summed E-state index contributed by atoms with van der Waals surface area (Å²) in [6.45, 7) is 14.3. The number of carbonyl (C=O) groups excluding carboxylic acids is 3. The Bertz CT molecular complexity index is 1630. The molecule has 4 heterocycles. The number of nitrogens with zero attached hydrogens (tertiary/aromatic N) is 6. The van der Waals surface area contributed by atoms with Gasteiger partial charge >= 0.3 is 0 Å². The Morgan fingerprint density at radius 2 is 1.78 bits per heavy atom. The van der Waals surface area contributed by atoms with E-state index in [-0.39, 0.29) is 43.3 Å². The fourth-order valence-electron chi connectivity index (χ4n) is 6.43. The summed E-state index contributed by atoms with van der Waals surface area (Å²) in [4.78, 5) is 52.1. The summed E-state index contributed by atoms with van der Waals surface area (Å²) in [7, 11) is 0. The minimum atomic E-state index is -0.891. The predicted octanol–water partition coefficient (Wildman–Crippen LogP) is 2.55. The highest BCUT2D eigenvalue weighted by Crippen LogP contribution is 2.30. The lowest BCUT2D eigenvalue weighted by molar-refractivity contribution is -0.144. The molecule has 3 aromatic rings. The molecular formula is C35H49N9O4S. The molecule has 4 atom stereocenters. The molecule has 0 spiro atoms. The molecule has 3 amide bonds. The van der Waals surface area contributed by atoms with Gasteiger partial charge in [-0.25, -0.2) is 4.98 Å². The number of hydrogen-bond donors (Lipinski definition) is 4. The Morgan fingerprint density at radius 1 is 1.08 bits per heavy atom. The van der Waals surface area contributed by atoms with Gasteiger partial charge in [-0.05, 0) is 42.9 Å². The molecule has 5 rings (SSSR count). The van der Waals surface area contributed by atoms with Gasteiger partial charge in [-0.1, -0.05) is 52.0 Å². The van der Waals surface area contributed by atoms with Crippen LogP contribution in [0.25, 0.3) is 10.4 Å². The van der Waals surface area contributed by atoms with Crippen LogP contribution in [0, 0.1) is 12.3 Å². The molecule has 2 aromatic heterocycles. The molecule has 0 aliphatic carbocycles. The molecule has 264 valence electrons. The first-order valence-corrected chi connectivity index (χ1v) is 17.8. The first-order valence-electron chi connectivity index (χ1n) is 16.9. The minimum Gasteiger partial charge on any atom is -0.391 e. The number of likely N-dealkylation sites (tertiary alicyclic amines) is 1. The van der Waals surface area contributed by atoms with Crippen LogP contribution in [-0.2, 0) is 20.8 Å². The van der Waals surface area contributed by atoms with Gasteiger partial charge in [0.05, 0.1) is 46.2 Å². The third-order valence-electron chi connectivity index (χ3n) is 9.35. The van der Waals surface area contributed by atoms with Crippen molar-refractivity contribution in [3.05, 3.63) is 52.8 Å². The third kappa shape index (κ3) is 8.54. The van der Waals surface area contributed by atoms with Crippen molar-refractivity contribution in [2.45, 2.75) is 78.6 Å². The predicted molar refractivity (Wildman–Crippen MR) is 191 cm³/mol. The zero-order valence-corrected chi connectivity index (χ0v) is 30.1. The van der Waals surface area contributed by atoms with Crippen molar-refractivity contribution in [3.63, 3.8) is 0 Å². The zero-order valence-electron chi connectivity index (χ0n) is 29.3. The lowest BCUT2D eigenvalue weighted by Gasteiger charge is -2.38. The number of β-amino-alcohol motifs (C(OH)–C–C–N with tert-alkyl or cyclic N) is 1. The number of aliphatic hydroxyl groups excluding tert-OH is 1. The summed E-state index contributed by atoms with van der Waals surface area (Å²) in [5.41, 5.74) is 12.0. The van der Waals surface area contributed by atoms with Crippen molar-refractivity contribution >= 4 is 40.6 Å². The van der Waals surface area contributed by atoms with Gasteiger partial charge in [0, 0.05) is 39.1 Å². The van der Waals surface area contributed by atoms with E-state index in [1.54, 1.807) is 11.3 Å². The number of carbonyl (C=O) groups is 3. The van der Waals surface area contributed by atoms with Gasteiger partial charge in [-0.2, -0.15) is 5.10 Å².